The molecule has 0 fully saturated rings. The summed E-state index contributed by atoms with van der Waals surface area (Å²) in [7, 11) is 0. The Hall–Kier alpha value is -1.23. The number of hydrogen-bond acceptors (Lipinski definition) is 2. The maximum atomic E-state index is 12.0. The first-order valence-corrected chi connectivity index (χ1v) is 5.34. The molecule has 0 saturated carbocycles. The van der Waals surface area contributed by atoms with Crippen molar-refractivity contribution in [1.82, 2.24) is 5.32 Å². The number of nitrogens with one attached hydrogen (secondary N) is 1. The van der Waals surface area contributed by atoms with Crippen LogP contribution in [0.4, 0.5) is 18.9 Å². The molecule has 0 radical (unpaired) electrons. The van der Waals surface area contributed by atoms with Crippen LogP contribution in [0.5, 0.6) is 0 Å². The van der Waals surface area contributed by atoms with Gasteiger partial charge in [-0.3, -0.25) is 0 Å². The average Bonchev–Trinajstić information content (AvgIpc) is 2.15. The molecule has 1 aromatic rings. The minimum Gasteiger partial charge on any atom is -0.399 e. The van der Waals surface area contributed by atoms with Crippen molar-refractivity contribution in [3.8, 4) is 0 Å². The second-order valence-corrected chi connectivity index (χ2v) is 4.72. The van der Waals surface area contributed by atoms with E-state index in [0.29, 0.717) is 5.69 Å². The fourth-order valence-electron chi connectivity index (χ4n) is 1.55. The Labute approximate surface area is 99.0 Å². The van der Waals surface area contributed by atoms with Crippen LogP contribution in [0.1, 0.15) is 19.4 Å². The van der Waals surface area contributed by atoms with Gasteiger partial charge < -0.3 is 11.1 Å². The van der Waals surface area contributed by atoms with E-state index >= 15 is 0 Å². The molecule has 1 aromatic carbocycles. The largest absolute Gasteiger partial charge is 0.401 e. The fourth-order valence-corrected chi connectivity index (χ4v) is 1.55. The molecule has 0 aliphatic heterocycles. The zero-order valence-electron chi connectivity index (χ0n) is 9.93. The van der Waals surface area contributed by atoms with E-state index < -0.39 is 12.7 Å². The maximum Gasteiger partial charge on any atom is 0.401 e. The standard InChI is InChI=1S/C12H17F3N2/c1-11(2,7-17-8-12(13,14)15)9-3-5-10(16)6-4-9/h3-6,17H,7-8,16H2,1-2H3. The molecule has 5 heteroatoms. The fraction of sp³-hybridized carbons (Fsp3) is 0.500. The van der Waals surface area contributed by atoms with Crippen LogP contribution in [0.3, 0.4) is 0 Å². The SMILES string of the molecule is CC(C)(CNCC(F)(F)F)c1ccc(N)cc1. The lowest BCUT2D eigenvalue weighted by Gasteiger charge is -2.26. The Morgan fingerprint density at radius 3 is 2.06 bits per heavy atom. The number of hydrogen-bond donors (Lipinski definition) is 2. The van der Waals surface area contributed by atoms with E-state index in [1.54, 1.807) is 12.1 Å². The summed E-state index contributed by atoms with van der Waals surface area (Å²) >= 11 is 0. The Kier molecular flexibility index (Phi) is 4.03. The van der Waals surface area contributed by atoms with Crippen molar-refractivity contribution in [3.05, 3.63) is 29.8 Å². The van der Waals surface area contributed by atoms with Gasteiger partial charge in [-0.2, -0.15) is 13.2 Å². The van der Waals surface area contributed by atoms with E-state index in [-0.39, 0.29) is 12.0 Å². The number of nitrogens with two attached hydrogens (primary N) is 1. The van der Waals surface area contributed by atoms with Crippen molar-refractivity contribution in [2.24, 2.45) is 0 Å². The van der Waals surface area contributed by atoms with Crippen molar-refractivity contribution in [2.45, 2.75) is 25.4 Å². The first-order chi connectivity index (χ1) is 7.71. The Morgan fingerprint density at radius 1 is 1.06 bits per heavy atom. The smallest absolute Gasteiger partial charge is 0.399 e. The van der Waals surface area contributed by atoms with Crippen LogP contribution in [0.2, 0.25) is 0 Å². The van der Waals surface area contributed by atoms with Gasteiger partial charge in [-0.1, -0.05) is 26.0 Å². The van der Waals surface area contributed by atoms with E-state index in [2.05, 4.69) is 5.32 Å². The van der Waals surface area contributed by atoms with Gasteiger partial charge in [0.25, 0.3) is 0 Å². The molecule has 0 aliphatic rings. The summed E-state index contributed by atoms with van der Waals surface area (Å²) in [4.78, 5) is 0. The number of anilines is 1. The average molecular weight is 246 g/mol. The number of nitrogen functional groups attached to an aromatic ring is 1. The summed E-state index contributed by atoms with van der Waals surface area (Å²) in [6, 6.07) is 7.18. The lowest BCUT2D eigenvalue weighted by Crippen LogP contribution is -2.38. The summed E-state index contributed by atoms with van der Waals surface area (Å²) in [6.07, 6.45) is -4.17. The van der Waals surface area contributed by atoms with Gasteiger partial charge in [0.15, 0.2) is 0 Å². The van der Waals surface area contributed by atoms with Crippen LogP contribution in [0.15, 0.2) is 24.3 Å². The van der Waals surface area contributed by atoms with E-state index in [4.69, 9.17) is 5.73 Å². The Morgan fingerprint density at radius 2 is 1.59 bits per heavy atom. The summed E-state index contributed by atoms with van der Waals surface area (Å²) in [5.74, 6) is 0. The van der Waals surface area contributed by atoms with Gasteiger partial charge in [0.1, 0.15) is 0 Å². The molecule has 0 aliphatic carbocycles. The number of rotatable bonds is 4. The predicted octanol–water partition coefficient (Wildman–Crippen LogP) is 2.70. The predicted molar refractivity (Wildman–Crippen MR) is 62.8 cm³/mol. The van der Waals surface area contributed by atoms with Crippen molar-refractivity contribution >= 4 is 5.69 Å². The molecule has 0 aromatic heterocycles. The Balaban J connectivity index is 2.59. The molecular weight excluding hydrogens is 229 g/mol. The van der Waals surface area contributed by atoms with Crippen LogP contribution in [-0.2, 0) is 5.41 Å². The minimum atomic E-state index is -4.17. The summed E-state index contributed by atoms with van der Waals surface area (Å²) < 4.78 is 36.0. The zero-order valence-corrected chi connectivity index (χ0v) is 9.93. The van der Waals surface area contributed by atoms with Gasteiger partial charge in [0.2, 0.25) is 0 Å². The molecule has 0 spiro atoms. The van der Waals surface area contributed by atoms with Crippen LogP contribution in [0.25, 0.3) is 0 Å². The quantitative estimate of drug-likeness (QED) is 0.802. The van der Waals surface area contributed by atoms with Crippen LogP contribution >= 0.6 is 0 Å². The highest BCUT2D eigenvalue weighted by Gasteiger charge is 2.28. The zero-order chi connectivity index (χ0) is 13.1. The lowest BCUT2D eigenvalue weighted by atomic mass is 9.84. The summed E-state index contributed by atoms with van der Waals surface area (Å²) in [5, 5.41) is 2.42. The highest BCUT2D eigenvalue weighted by atomic mass is 19.4. The van der Waals surface area contributed by atoms with Gasteiger partial charge in [0.05, 0.1) is 6.54 Å². The van der Waals surface area contributed by atoms with Crippen LogP contribution in [-0.4, -0.2) is 19.3 Å². The minimum absolute atomic E-state index is 0.260. The van der Waals surface area contributed by atoms with E-state index in [1.807, 2.05) is 26.0 Å². The summed E-state index contributed by atoms with van der Waals surface area (Å²) in [6.45, 7) is 3.08. The molecule has 0 amide bonds. The molecule has 0 atom stereocenters. The van der Waals surface area contributed by atoms with E-state index in [9.17, 15) is 13.2 Å². The molecule has 0 saturated heterocycles. The van der Waals surface area contributed by atoms with Gasteiger partial charge in [-0.15, -0.1) is 0 Å². The van der Waals surface area contributed by atoms with Crippen LogP contribution in [0, 0.1) is 0 Å². The number of benzene rings is 1. The maximum absolute atomic E-state index is 12.0. The normalized spacial score (nSPS) is 12.8. The third-order valence-electron chi connectivity index (χ3n) is 2.58. The molecule has 3 N–H and O–H groups in total. The molecule has 1 rings (SSSR count). The lowest BCUT2D eigenvalue weighted by molar-refractivity contribution is -0.125. The van der Waals surface area contributed by atoms with Gasteiger partial charge in [0, 0.05) is 17.6 Å². The highest BCUT2D eigenvalue weighted by Crippen LogP contribution is 2.23. The monoisotopic (exact) mass is 246 g/mol. The molecular formula is C12H17F3N2. The third kappa shape index (κ3) is 4.65. The molecule has 96 valence electrons. The van der Waals surface area contributed by atoms with Crippen LogP contribution < -0.4 is 11.1 Å². The third-order valence-corrected chi connectivity index (χ3v) is 2.58. The highest BCUT2D eigenvalue weighted by molar-refractivity contribution is 5.41. The van der Waals surface area contributed by atoms with Gasteiger partial charge in [-0.25, -0.2) is 0 Å². The van der Waals surface area contributed by atoms with Crippen molar-refractivity contribution < 1.29 is 13.2 Å². The number of halogens is 3. The molecule has 2 nitrogen and oxygen atoms in total. The van der Waals surface area contributed by atoms with Crippen molar-refractivity contribution in [1.29, 1.82) is 0 Å². The molecule has 0 unspecified atom stereocenters. The molecule has 17 heavy (non-hydrogen) atoms. The number of alkyl halides is 3. The second-order valence-electron chi connectivity index (χ2n) is 4.72. The topological polar surface area (TPSA) is 38.0 Å². The van der Waals surface area contributed by atoms with Crippen molar-refractivity contribution in [3.63, 3.8) is 0 Å². The Bertz CT molecular complexity index is 355. The molecule has 0 heterocycles. The summed E-state index contributed by atoms with van der Waals surface area (Å²) in [5.41, 5.74) is 6.81. The van der Waals surface area contributed by atoms with Gasteiger partial charge >= 0.3 is 6.18 Å². The van der Waals surface area contributed by atoms with E-state index in [0.717, 1.165) is 5.56 Å². The van der Waals surface area contributed by atoms with Crippen molar-refractivity contribution in [2.75, 3.05) is 18.8 Å². The first-order valence-electron chi connectivity index (χ1n) is 5.34. The van der Waals surface area contributed by atoms with E-state index in [1.165, 1.54) is 0 Å². The molecule has 0 bridgehead atoms. The van der Waals surface area contributed by atoms with Gasteiger partial charge in [-0.05, 0) is 17.7 Å². The first kappa shape index (κ1) is 13.8. The second kappa shape index (κ2) is 4.96.